The highest BCUT2D eigenvalue weighted by Gasteiger charge is 2.49. The third-order valence-electron chi connectivity index (χ3n) is 6.12. The Labute approximate surface area is 152 Å². The number of nitrogens with zero attached hydrogens (tertiary/aromatic N) is 1. The minimum Gasteiger partial charge on any atom is -0.381 e. The van der Waals surface area contributed by atoms with E-state index in [4.69, 9.17) is 9.47 Å². The third-order valence-corrected chi connectivity index (χ3v) is 6.12. The lowest BCUT2D eigenvalue weighted by atomic mass is 9.72. The van der Waals surface area contributed by atoms with Crippen molar-refractivity contribution < 1.29 is 23.0 Å². The van der Waals surface area contributed by atoms with Crippen molar-refractivity contribution in [1.29, 1.82) is 0 Å². The second-order valence-corrected chi connectivity index (χ2v) is 7.96. The number of amides is 1. The predicted molar refractivity (Wildman–Crippen MR) is 91.8 cm³/mol. The van der Waals surface area contributed by atoms with E-state index in [0.29, 0.717) is 38.8 Å². The Balaban J connectivity index is 1.49. The van der Waals surface area contributed by atoms with E-state index in [2.05, 4.69) is 0 Å². The Bertz CT molecular complexity index is 671. The Kier molecular flexibility index (Phi) is 4.97. The van der Waals surface area contributed by atoms with Crippen LogP contribution in [-0.2, 0) is 9.47 Å². The largest absolute Gasteiger partial charge is 0.381 e. The molecule has 3 aliphatic rings. The number of halogens is 2. The maximum atomic E-state index is 14.0. The van der Waals surface area contributed by atoms with Crippen molar-refractivity contribution in [2.24, 2.45) is 17.3 Å². The summed E-state index contributed by atoms with van der Waals surface area (Å²) < 4.78 is 39.0. The Hall–Kier alpha value is -1.53. The molecule has 1 aliphatic carbocycles. The lowest BCUT2D eigenvalue weighted by Gasteiger charge is -2.37. The van der Waals surface area contributed by atoms with Crippen molar-refractivity contribution >= 4 is 5.91 Å². The molecule has 2 aliphatic heterocycles. The highest BCUT2D eigenvalue weighted by atomic mass is 19.1. The van der Waals surface area contributed by atoms with Crippen LogP contribution in [0.25, 0.3) is 0 Å². The zero-order valence-electron chi connectivity index (χ0n) is 14.9. The number of likely N-dealkylation sites (tertiary alicyclic amines) is 1. The van der Waals surface area contributed by atoms with Gasteiger partial charge in [-0.05, 0) is 55.2 Å². The van der Waals surface area contributed by atoms with Crippen LogP contribution < -0.4 is 0 Å². The fourth-order valence-electron chi connectivity index (χ4n) is 4.26. The van der Waals surface area contributed by atoms with Crippen molar-refractivity contribution in [2.75, 3.05) is 39.5 Å². The molecule has 3 fully saturated rings. The SMILES string of the molecule is O=C(c1cc(F)ccc1F)N1CC(COCC2CC2)C2(CCOCC2)C1. The van der Waals surface area contributed by atoms with Gasteiger partial charge in [0.25, 0.3) is 5.91 Å². The first-order chi connectivity index (χ1) is 12.6. The van der Waals surface area contributed by atoms with E-state index in [1.54, 1.807) is 4.90 Å². The fourth-order valence-corrected chi connectivity index (χ4v) is 4.26. The van der Waals surface area contributed by atoms with Gasteiger partial charge in [0.15, 0.2) is 0 Å². The molecule has 1 unspecified atom stereocenters. The van der Waals surface area contributed by atoms with Crippen LogP contribution in [-0.4, -0.2) is 50.3 Å². The van der Waals surface area contributed by atoms with E-state index in [9.17, 15) is 13.6 Å². The van der Waals surface area contributed by atoms with E-state index in [0.717, 1.165) is 37.6 Å². The van der Waals surface area contributed by atoms with Crippen LogP contribution in [0.1, 0.15) is 36.0 Å². The van der Waals surface area contributed by atoms with E-state index in [1.165, 1.54) is 12.8 Å². The van der Waals surface area contributed by atoms with Crippen LogP contribution in [0.2, 0.25) is 0 Å². The van der Waals surface area contributed by atoms with Gasteiger partial charge in [0.05, 0.1) is 12.2 Å². The van der Waals surface area contributed by atoms with Gasteiger partial charge in [0.2, 0.25) is 0 Å². The van der Waals surface area contributed by atoms with Crippen LogP contribution in [0.15, 0.2) is 18.2 Å². The van der Waals surface area contributed by atoms with Gasteiger partial charge in [0, 0.05) is 38.8 Å². The van der Waals surface area contributed by atoms with Crippen molar-refractivity contribution in [3.63, 3.8) is 0 Å². The first kappa shape index (κ1) is 17.9. The zero-order valence-corrected chi connectivity index (χ0v) is 14.9. The summed E-state index contributed by atoms with van der Waals surface area (Å²) in [5.41, 5.74) is -0.229. The van der Waals surface area contributed by atoms with E-state index < -0.39 is 17.5 Å². The van der Waals surface area contributed by atoms with Gasteiger partial charge in [-0.25, -0.2) is 8.78 Å². The molecule has 142 valence electrons. The van der Waals surface area contributed by atoms with Crippen molar-refractivity contribution in [1.82, 2.24) is 4.90 Å². The summed E-state index contributed by atoms with van der Waals surface area (Å²) in [6.45, 7) is 3.84. The molecule has 1 aromatic carbocycles. The zero-order chi connectivity index (χ0) is 18.1. The number of ether oxygens (including phenoxy) is 2. The van der Waals surface area contributed by atoms with Crippen LogP contribution >= 0.6 is 0 Å². The first-order valence-corrected chi connectivity index (χ1v) is 9.47. The molecular weight excluding hydrogens is 340 g/mol. The molecule has 0 radical (unpaired) electrons. The van der Waals surface area contributed by atoms with E-state index in [1.807, 2.05) is 0 Å². The van der Waals surface area contributed by atoms with E-state index in [-0.39, 0.29) is 16.9 Å². The van der Waals surface area contributed by atoms with E-state index >= 15 is 0 Å². The minimum atomic E-state index is -0.675. The van der Waals surface area contributed by atoms with Crippen molar-refractivity contribution in [3.8, 4) is 0 Å². The monoisotopic (exact) mass is 365 g/mol. The van der Waals surface area contributed by atoms with Crippen LogP contribution in [0.4, 0.5) is 8.78 Å². The molecule has 0 N–H and O–H groups in total. The molecule has 6 heteroatoms. The highest BCUT2D eigenvalue weighted by Crippen LogP contribution is 2.45. The summed E-state index contributed by atoms with van der Waals surface area (Å²) >= 11 is 0. The number of carbonyl (C=O) groups is 1. The van der Waals surface area contributed by atoms with Crippen molar-refractivity contribution in [2.45, 2.75) is 25.7 Å². The normalized spacial score (nSPS) is 25.0. The van der Waals surface area contributed by atoms with Gasteiger partial charge in [0.1, 0.15) is 11.6 Å². The molecule has 4 nitrogen and oxygen atoms in total. The molecule has 0 bridgehead atoms. The molecule has 1 saturated carbocycles. The highest BCUT2D eigenvalue weighted by molar-refractivity contribution is 5.94. The summed E-state index contributed by atoms with van der Waals surface area (Å²) in [5.74, 6) is -0.797. The van der Waals surface area contributed by atoms with Crippen LogP contribution in [0.5, 0.6) is 0 Å². The second kappa shape index (κ2) is 7.24. The number of hydrogen-bond acceptors (Lipinski definition) is 3. The summed E-state index contributed by atoms with van der Waals surface area (Å²) in [6.07, 6.45) is 4.24. The van der Waals surface area contributed by atoms with Gasteiger partial charge in [-0.1, -0.05) is 0 Å². The lowest BCUT2D eigenvalue weighted by Crippen LogP contribution is -2.39. The standard InChI is InChI=1S/C20H25F2NO3/c21-16-3-4-18(22)17(9-16)19(24)23-10-15(12-26-11-14-1-2-14)20(13-23)5-7-25-8-6-20/h3-4,9,14-15H,1-2,5-8,10-13H2. The second-order valence-electron chi connectivity index (χ2n) is 7.96. The Morgan fingerprint density at radius 2 is 2.00 bits per heavy atom. The maximum Gasteiger partial charge on any atom is 0.256 e. The molecule has 2 saturated heterocycles. The molecule has 1 spiro atoms. The molecule has 0 aromatic heterocycles. The smallest absolute Gasteiger partial charge is 0.256 e. The van der Waals surface area contributed by atoms with Crippen LogP contribution in [0, 0.1) is 28.9 Å². The summed E-state index contributed by atoms with van der Waals surface area (Å²) in [6, 6.07) is 3.04. The molecular formula is C20H25F2NO3. The predicted octanol–water partition coefficient (Wildman–Crippen LogP) is 3.26. The molecule has 1 atom stereocenters. The number of carbonyl (C=O) groups excluding carboxylic acids is 1. The molecule has 1 aromatic rings. The molecule has 4 rings (SSSR count). The average molecular weight is 365 g/mol. The molecule has 2 heterocycles. The quantitative estimate of drug-likeness (QED) is 0.804. The number of benzene rings is 1. The maximum absolute atomic E-state index is 14.0. The third kappa shape index (κ3) is 3.62. The van der Waals surface area contributed by atoms with Crippen molar-refractivity contribution in [3.05, 3.63) is 35.4 Å². The molecule has 1 amide bonds. The van der Waals surface area contributed by atoms with Gasteiger partial charge in [-0.2, -0.15) is 0 Å². The molecule has 26 heavy (non-hydrogen) atoms. The van der Waals surface area contributed by atoms with Gasteiger partial charge >= 0.3 is 0 Å². The first-order valence-electron chi connectivity index (χ1n) is 9.47. The number of hydrogen-bond donors (Lipinski definition) is 0. The average Bonchev–Trinajstić information content (AvgIpc) is 3.40. The van der Waals surface area contributed by atoms with Gasteiger partial charge < -0.3 is 14.4 Å². The lowest BCUT2D eigenvalue weighted by molar-refractivity contribution is -0.0245. The minimum absolute atomic E-state index is 0.0404. The van der Waals surface area contributed by atoms with Gasteiger partial charge in [-0.3, -0.25) is 4.79 Å². The summed E-state index contributed by atoms with van der Waals surface area (Å²) in [7, 11) is 0. The fraction of sp³-hybridized carbons (Fsp3) is 0.650. The topological polar surface area (TPSA) is 38.8 Å². The Morgan fingerprint density at radius 1 is 1.23 bits per heavy atom. The number of rotatable bonds is 5. The van der Waals surface area contributed by atoms with Gasteiger partial charge in [-0.15, -0.1) is 0 Å². The Morgan fingerprint density at radius 3 is 2.73 bits per heavy atom. The van der Waals surface area contributed by atoms with Crippen LogP contribution in [0.3, 0.4) is 0 Å². The summed E-state index contributed by atoms with van der Waals surface area (Å²) in [5, 5.41) is 0. The summed E-state index contributed by atoms with van der Waals surface area (Å²) in [4.78, 5) is 14.5.